The molecule has 15 heavy (non-hydrogen) atoms. The third-order valence-corrected chi connectivity index (χ3v) is 2.37. The third kappa shape index (κ3) is 3.98. The first-order valence-electron chi connectivity index (χ1n) is 5.18. The molecule has 2 heteroatoms. The molecule has 2 nitrogen and oxygen atoms in total. The van der Waals surface area contributed by atoms with Gasteiger partial charge in [-0.25, -0.2) is 0 Å². The zero-order valence-corrected chi connectivity index (χ0v) is 8.89. The maximum absolute atomic E-state index is 10.7. The molecule has 1 unspecified atom stereocenters. The summed E-state index contributed by atoms with van der Waals surface area (Å²) < 4.78 is 0. The van der Waals surface area contributed by atoms with Crippen LogP contribution in [0.4, 0.5) is 0 Å². The first-order chi connectivity index (χ1) is 7.24. The van der Waals surface area contributed by atoms with E-state index in [1.165, 1.54) is 0 Å². The van der Waals surface area contributed by atoms with Gasteiger partial charge in [-0.3, -0.25) is 4.79 Å². The summed E-state index contributed by atoms with van der Waals surface area (Å²) >= 11 is 0. The van der Waals surface area contributed by atoms with E-state index in [1.807, 2.05) is 49.4 Å². The summed E-state index contributed by atoms with van der Waals surface area (Å²) in [6.45, 7) is 1.90. The number of carboxylic acid groups (broad SMARTS) is 1. The molecule has 0 aromatic heterocycles. The van der Waals surface area contributed by atoms with E-state index in [0.717, 1.165) is 5.56 Å². The second-order valence-corrected chi connectivity index (χ2v) is 3.49. The first kappa shape index (κ1) is 11.5. The van der Waals surface area contributed by atoms with Crippen molar-refractivity contribution >= 4 is 12.0 Å². The van der Waals surface area contributed by atoms with E-state index >= 15 is 0 Å². The highest BCUT2D eigenvalue weighted by Crippen LogP contribution is 2.10. The van der Waals surface area contributed by atoms with Crippen molar-refractivity contribution in [3.63, 3.8) is 0 Å². The predicted octanol–water partition coefficient (Wildman–Crippen LogP) is 3.20. The molecule has 80 valence electrons. The van der Waals surface area contributed by atoms with E-state index in [2.05, 4.69) is 0 Å². The number of hydrogen-bond donors (Lipinski definition) is 1. The standard InChI is InChI=1S/C13H16O2/c1-2-12(13(14)15)10-6-9-11-7-4-3-5-8-11/h3-9,12H,2,10H2,1H3,(H,14,15)/b9-6+. The van der Waals surface area contributed by atoms with Crippen LogP contribution in [0.1, 0.15) is 25.3 Å². The van der Waals surface area contributed by atoms with E-state index in [0.29, 0.717) is 12.8 Å². The van der Waals surface area contributed by atoms with Crippen LogP contribution < -0.4 is 0 Å². The number of carbonyl (C=O) groups is 1. The monoisotopic (exact) mass is 204 g/mol. The Labute approximate surface area is 90.3 Å². The Morgan fingerprint density at radius 2 is 2.07 bits per heavy atom. The van der Waals surface area contributed by atoms with Gasteiger partial charge in [0.05, 0.1) is 5.92 Å². The highest BCUT2D eigenvalue weighted by atomic mass is 16.4. The van der Waals surface area contributed by atoms with E-state index in [9.17, 15) is 4.79 Å². The minimum absolute atomic E-state index is 0.259. The second-order valence-electron chi connectivity index (χ2n) is 3.49. The van der Waals surface area contributed by atoms with Crippen molar-refractivity contribution < 1.29 is 9.90 Å². The molecule has 0 aliphatic rings. The highest BCUT2D eigenvalue weighted by Gasteiger charge is 2.11. The largest absolute Gasteiger partial charge is 0.481 e. The van der Waals surface area contributed by atoms with Gasteiger partial charge in [-0.05, 0) is 18.4 Å². The average Bonchev–Trinajstić information content (AvgIpc) is 2.25. The molecule has 0 heterocycles. The molecule has 0 saturated heterocycles. The Balaban J connectivity index is 2.49. The van der Waals surface area contributed by atoms with Crippen LogP contribution >= 0.6 is 0 Å². The molecule has 0 aliphatic heterocycles. The van der Waals surface area contributed by atoms with Crippen molar-refractivity contribution in [2.45, 2.75) is 19.8 Å². The van der Waals surface area contributed by atoms with Gasteiger partial charge in [0.1, 0.15) is 0 Å². The minimum Gasteiger partial charge on any atom is -0.481 e. The lowest BCUT2D eigenvalue weighted by atomic mass is 10.0. The topological polar surface area (TPSA) is 37.3 Å². The van der Waals surface area contributed by atoms with Gasteiger partial charge in [0.15, 0.2) is 0 Å². The zero-order valence-electron chi connectivity index (χ0n) is 8.89. The van der Waals surface area contributed by atoms with Gasteiger partial charge in [-0.1, -0.05) is 49.4 Å². The van der Waals surface area contributed by atoms with Gasteiger partial charge >= 0.3 is 5.97 Å². The van der Waals surface area contributed by atoms with Crippen molar-refractivity contribution in [2.24, 2.45) is 5.92 Å². The fourth-order valence-electron chi connectivity index (χ4n) is 1.37. The normalized spacial score (nSPS) is 12.9. The van der Waals surface area contributed by atoms with Crippen LogP contribution in [0.15, 0.2) is 36.4 Å². The fourth-order valence-corrected chi connectivity index (χ4v) is 1.37. The Bertz CT molecular complexity index is 328. The zero-order chi connectivity index (χ0) is 11.1. The van der Waals surface area contributed by atoms with Crippen molar-refractivity contribution in [1.82, 2.24) is 0 Å². The summed E-state index contributed by atoms with van der Waals surface area (Å²) in [4.78, 5) is 10.7. The molecule has 1 rings (SSSR count). The summed E-state index contributed by atoms with van der Waals surface area (Å²) in [6.07, 6.45) is 5.17. The third-order valence-electron chi connectivity index (χ3n) is 2.37. The number of allylic oxidation sites excluding steroid dienone is 1. The molecule has 0 spiro atoms. The van der Waals surface area contributed by atoms with Gasteiger partial charge in [0.25, 0.3) is 0 Å². The van der Waals surface area contributed by atoms with Crippen molar-refractivity contribution in [3.8, 4) is 0 Å². The number of aliphatic carboxylic acids is 1. The SMILES string of the molecule is CCC(C/C=C/c1ccccc1)C(=O)O. The quantitative estimate of drug-likeness (QED) is 0.799. The lowest BCUT2D eigenvalue weighted by Gasteiger charge is -2.04. The average molecular weight is 204 g/mol. The highest BCUT2D eigenvalue weighted by molar-refractivity contribution is 5.70. The molecule has 0 aliphatic carbocycles. The summed E-state index contributed by atoms with van der Waals surface area (Å²) in [5.74, 6) is -0.972. The van der Waals surface area contributed by atoms with Crippen LogP contribution in [0.25, 0.3) is 6.08 Å². The van der Waals surface area contributed by atoms with Crippen LogP contribution in [0, 0.1) is 5.92 Å². The number of rotatable bonds is 5. The van der Waals surface area contributed by atoms with Gasteiger partial charge in [0, 0.05) is 0 Å². The summed E-state index contributed by atoms with van der Waals surface area (Å²) in [6, 6.07) is 9.89. The van der Waals surface area contributed by atoms with Gasteiger partial charge in [-0.2, -0.15) is 0 Å². The molecule has 0 fully saturated rings. The molecule has 0 amide bonds. The summed E-state index contributed by atoms with van der Waals surface area (Å²) in [5, 5.41) is 8.84. The van der Waals surface area contributed by atoms with E-state index in [-0.39, 0.29) is 5.92 Å². The number of hydrogen-bond acceptors (Lipinski definition) is 1. The molecular formula is C13H16O2. The smallest absolute Gasteiger partial charge is 0.306 e. The summed E-state index contributed by atoms with van der Waals surface area (Å²) in [7, 11) is 0. The minimum atomic E-state index is -0.713. The Morgan fingerprint density at radius 3 is 2.60 bits per heavy atom. The lowest BCUT2D eigenvalue weighted by Crippen LogP contribution is -2.11. The van der Waals surface area contributed by atoms with Gasteiger partial charge in [0.2, 0.25) is 0 Å². The molecule has 1 N–H and O–H groups in total. The van der Waals surface area contributed by atoms with Crippen molar-refractivity contribution in [3.05, 3.63) is 42.0 Å². The molecule has 0 radical (unpaired) electrons. The van der Waals surface area contributed by atoms with Crippen LogP contribution in [-0.4, -0.2) is 11.1 Å². The predicted molar refractivity (Wildman–Crippen MR) is 61.5 cm³/mol. The Hall–Kier alpha value is -1.57. The van der Waals surface area contributed by atoms with Crippen LogP contribution in [-0.2, 0) is 4.79 Å². The van der Waals surface area contributed by atoms with Crippen LogP contribution in [0.2, 0.25) is 0 Å². The molecule has 1 aromatic rings. The van der Waals surface area contributed by atoms with Crippen molar-refractivity contribution in [1.29, 1.82) is 0 Å². The van der Waals surface area contributed by atoms with Crippen LogP contribution in [0.3, 0.4) is 0 Å². The molecule has 0 bridgehead atoms. The Kier molecular flexibility index (Phi) is 4.61. The second kappa shape index (κ2) is 6.02. The van der Waals surface area contributed by atoms with E-state index in [1.54, 1.807) is 0 Å². The fraction of sp³-hybridized carbons (Fsp3) is 0.308. The maximum atomic E-state index is 10.7. The van der Waals surface area contributed by atoms with Crippen LogP contribution in [0.5, 0.6) is 0 Å². The van der Waals surface area contributed by atoms with Gasteiger partial charge < -0.3 is 5.11 Å². The van der Waals surface area contributed by atoms with E-state index < -0.39 is 5.97 Å². The molecule has 1 aromatic carbocycles. The number of carboxylic acids is 1. The Morgan fingerprint density at radius 1 is 1.40 bits per heavy atom. The van der Waals surface area contributed by atoms with Gasteiger partial charge in [-0.15, -0.1) is 0 Å². The molecular weight excluding hydrogens is 188 g/mol. The maximum Gasteiger partial charge on any atom is 0.306 e. The van der Waals surface area contributed by atoms with Crippen molar-refractivity contribution in [2.75, 3.05) is 0 Å². The molecule has 0 saturated carbocycles. The number of benzene rings is 1. The van der Waals surface area contributed by atoms with E-state index in [4.69, 9.17) is 5.11 Å². The summed E-state index contributed by atoms with van der Waals surface area (Å²) in [5.41, 5.74) is 1.11. The first-order valence-corrected chi connectivity index (χ1v) is 5.18. The lowest BCUT2D eigenvalue weighted by molar-refractivity contribution is -0.141. The molecule has 1 atom stereocenters.